The largest absolute Gasteiger partial charge is 0.494 e. The second kappa shape index (κ2) is 9.85. The van der Waals surface area contributed by atoms with Crippen LogP contribution in [0.5, 0.6) is 5.88 Å². The average molecular weight is 511 g/mol. The van der Waals surface area contributed by atoms with Gasteiger partial charge in [-0.3, -0.25) is 9.59 Å². The van der Waals surface area contributed by atoms with Crippen LogP contribution in [-0.2, 0) is 16.0 Å². The number of aliphatic imine (C=N–C) groups is 1. The minimum Gasteiger partial charge on any atom is -0.494 e. The van der Waals surface area contributed by atoms with Gasteiger partial charge in [-0.15, -0.1) is 0 Å². The molecular formula is C29H26N4O5. The molecule has 3 N–H and O–H groups in total. The van der Waals surface area contributed by atoms with Crippen LogP contribution in [0, 0.1) is 0 Å². The molecule has 0 atom stereocenters. The van der Waals surface area contributed by atoms with Crippen molar-refractivity contribution in [3.8, 4) is 5.88 Å². The molecule has 1 aromatic heterocycles. The van der Waals surface area contributed by atoms with Crippen LogP contribution in [0.1, 0.15) is 33.5 Å². The van der Waals surface area contributed by atoms with E-state index < -0.39 is 5.97 Å². The summed E-state index contributed by atoms with van der Waals surface area (Å²) in [5.74, 6) is -1.66. The van der Waals surface area contributed by atoms with Crippen molar-refractivity contribution in [3.05, 3.63) is 89.0 Å². The van der Waals surface area contributed by atoms with Gasteiger partial charge in [0.05, 0.1) is 22.5 Å². The van der Waals surface area contributed by atoms with E-state index in [9.17, 15) is 24.6 Å². The molecule has 9 nitrogen and oxygen atoms in total. The Balaban J connectivity index is 1.56. The van der Waals surface area contributed by atoms with Crippen LogP contribution in [0.4, 0.5) is 11.4 Å². The van der Waals surface area contributed by atoms with E-state index in [1.165, 1.54) is 17.0 Å². The Hall–Kier alpha value is -4.92. The summed E-state index contributed by atoms with van der Waals surface area (Å²) < 4.78 is 0. The van der Waals surface area contributed by atoms with Gasteiger partial charge < -0.3 is 25.0 Å². The number of H-pyrrole nitrogens is 1. The number of carboxylic acids is 1. The van der Waals surface area contributed by atoms with E-state index in [0.717, 1.165) is 16.8 Å². The molecule has 2 heterocycles. The number of nitrogens with one attached hydrogen (secondary N) is 1. The average Bonchev–Trinajstić information content (AvgIpc) is 3.47. The van der Waals surface area contributed by atoms with Crippen LogP contribution in [0.15, 0.2) is 71.7 Å². The number of benzene rings is 3. The first-order valence-corrected chi connectivity index (χ1v) is 12.1. The summed E-state index contributed by atoms with van der Waals surface area (Å²) in [6.07, 6.45) is 0.450. The van der Waals surface area contributed by atoms with Gasteiger partial charge in [0, 0.05) is 42.8 Å². The number of nitrogens with zero attached hydrogens (tertiary/aromatic N) is 3. The van der Waals surface area contributed by atoms with Crippen LogP contribution in [0.2, 0.25) is 0 Å². The van der Waals surface area contributed by atoms with Crippen molar-refractivity contribution < 1.29 is 24.6 Å². The summed E-state index contributed by atoms with van der Waals surface area (Å²) in [5.41, 5.74) is 4.67. The highest BCUT2D eigenvalue weighted by molar-refractivity contribution is 6.22. The Morgan fingerprint density at radius 1 is 1.00 bits per heavy atom. The lowest BCUT2D eigenvalue weighted by Gasteiger charge is -2.18. The Morgan fingerprint density at radius 2 is 1.76 bits per heavy atom. The molecule has 0 spiro atoms. The number of aromatic hydroxyl groups is 1. The molecule has 1 aliphatic heterocycles. The van der Waals surface area contributed by atoms with E-state index in [1.54, 1.807) is 31.1 Å². The Bertz CT molecular complexity index is 1600. The van der Waals surface area contributed by atoms with Crippen molar-refractivity contribution >= 4 is 45.8 Å². The standard InChI is InChI=1S/C29H26N4O5/c1-32(2)24(34)16-25(35)33-13-12-18-14-20(9-11-23(18)33)30-27(17-6-4-3-5-7-17)26-21-10-8-19(29(37)38)15-22(21)31-28(26)36/h3-11,14-15,31,36H,12-13,16H2,1-2H3,(H,37,38). The number of aromatic nitrogens is 1. The topological polar surface area (TPSA) is 126 Å². The molecule has 4 aromatic rings. The number of amides is 2. The summed E-state index contributed by atoms with van der Waals surface area (Å²) in [6.45, 7) is 0.489. The number of hydrogen-bond acceptors (Lipinski definition) is 5. The van der Waals surface area contributed by atoms with Crippen molar-refractivity contribution in [1.29, 1.82) is 0 Å². The fourth-order valence-electron chi connectivity index (χ4n) is 4.65. The van der Waals surface area contributed by atoms with Crippen molar-refractivity contribution in [2.45, 2.75) is 12.8 Å². The third-order valence-electron chi connectivity index (χ3n) is 6.61. The van der Waals surface area contributed by atoms with E-state index in [1.807, 2.05) is 42.5 Å². The van der Waals surface area contributed by atoms with Crippen molar-refractivity contribution in [3.63, 3.8) is 0 Å². The van der Waals surface area contributed by atoms with Gasteiger partial charge in [-0.2, -0.15) is 0 Å². The lowest BCUT2D eigenvalue weighted by Crippen LogP contribution is -2.34. The SMILES string of the molecule is CN(C)C(=O)CC(=O)N1CCc2cc(N=C(c3ccccc3)c3c(O)[nH]c4cc(C(=O)O)ccc34)ccc21. The Kier molecular flexibility index (Phi) is 6.42. The molecular weight excluding hydrogens is 484 g/mol. The number of carboxylic acid groups (broad SMARTS) is 1. The molecule has 9 heteroatoms. The molecule has 192 valence electrons. The maximum absolute atomic E-state index is 12.7. The molecule has 5 rings (SSSR count). The highest BCUT2D eigenvalue weighted by Gasteiger charge is 2.27. The summed E-state index contributed by atoms with van der Waals surface area (Å²) in [6, 6.07) is 19.6. The first kappa shape index (κ1) is 24.8. The third-order valence-corrected chi connectivity index (χ3v) is 6.61. The number of anilines is 1. The van der Waals surface area contributed by atoms with Crippen molar-refractivity contribution in [1.82, 2.24) is 9.88 Å². The molecule has 0 unspecified atom stereocenters. The predicted molar refractivity (Wildman–Crippen MR) is 144 cm³/mol. The zero-order valence-electron chi connectivity index (χ0n) is 20.9. The van der Waals surface area contributed by atoms with Gasteiger partial charge >= 0.3 is 5.97 Å². The zero-order chi connectivity index (χ0) is 27.0. The van der Waals surface area contributed by atoms with Gasteiger partial charge in [-0.1, -0.05) is 36.4 Å². The Labute approximate surface area is 218 Å². The van der Waals surface area contributed by atoms with E-state index >= 15 is 0 Å². The van der Waals surface area contributed by atoms with Gasteiger partial charge in [0.2, 0.25) is 11.8 Å². The van der Waals surface area contributed by atoms with E-state index in [0.29, 0.717) is 40.8 Å². The molecule has 1 aliphatic rings. The van der Waals surface area contributed by atoms with E-state index in [4.69, 9.17) is 4.99 Å². The van der Waals surface area contributed by atoms with Crippen LogP contribution >= 0.6 is 0 Å². The monoisotopic (exact) mass is 510 g/mol. The number of fused-ring (bicyclic) bond motifs is 2. The molecule has 0 saturated heterocycles. The maximum atomic E-state index is 12.7. The molecule has 38 heavy (non-hydrogen) atoms. The minimum atomic E-state index is -1.06. The van der Waals surface area contributed by atoms with Crippen LogP contribution in [0.25, 0.3) is 10.9 Å². The highest BCUT2D eigenvalue weighted by atomic mass is 16.4. The molecule has 2 amide bonds. The Morgan fingerprint density at radius 3 is 2.47 bits per heavy atom. The third kappa shape index (κ3) is 4.61. The number of aromatic carboxylic acids is 1. The second-order valence-electron chi connectivity index (χ2n) is 9.31. The van der Waals surface area contributed by atoms with Gasteiger partial charge in [0.1, 0.15) is 6.42 Å². The minimum absolute atomic E-state index is 0.105. The summed E-state index contributed by atoms with van der Waals surface area (Å²) in [5, 5.41) is 20.9. The van der Waals surface area contributed by atoms with Gasteiger partial charge in [0.15, 0.2) is 5.88 Å². The van der Waals surface area contributed by atoms with Crippen LogP contribution in [-0.4, -0.2) is 64.2 Å². The number of hydrogen-bond donors (Lipinski definition) is 3. The van der Waals surface area contributed by atoms with Crippen molar-refractivity contribution in [2.75, 3.05) is 25.5 Å². The van der Waals surface area contributed by atoms with Crippen LogP contribution < -0.4 is 4.90 Å². The number of rotatable bonds is 6. The zero-order valence-corrected chi connectivity index (χ0v) is 20.9. The molecule has 0 aliphatic carbocycles. The van der Waals surface area contributed by atoms with Gasteiger partial charge in [0.25, 0.3) is 0 Å². The highest BCUT2D eigenvalue weighted by Crippen LogP contribution is 2.35. The van der Waals surface area contributed by atoms with Gasteiger partial charge in [-0.05, 0) is 42.3 Å². The quantitative estimate of drug-likeness (QED) is 0.266. The molecule has 0 radical (unpaired) electrons. The summed E-state index contributed by atoms with van der Waals surface area (Å²) in [7, 11) is 3.25. The first-order chi connectivity index (χ1) is 18.2. The normalized spacial score (nSPS) is 13.0. The first-order valence-electron chi connectivity index (χ1n) is 12.1. The molecule has 0 fully saturated rings. The number of aromatic amines is 1. The fraction of sp³-hybridized carbons (Fsp3) is 0.172. The van der Waals surface area contributed by atoms with E-state index in [-0.39, 0.29) is 29.7 Å². The van der Waals surface area contributed by atoms with Crippen molar-refractivity contribution in [2.24, 2.45) is 4.99 Å². The number of carbonyl (C=O) groups is 3. The number of carbonyl (C=O) groups excluding carboxylic acids is 2. The van der Waals surface area contributed by atoms with E-state index in [2.05, 4.69) is 4.98 Å². The predicted octanol–water partition coefficient (Wildman–Crippen LogP) is 4.11. The van der Waals surface area contributed by atoms with Crippen LogP contribution in [0.3, 0.4) is 0 Å². The van der Waals surface area contributed by atoms with Gasteiger partial charge in [-0.25, -0.2) is 9.79 Å². The lowest BCUT2D eigenvalue weighted by molar-refractivity contribution is -0.133. The smallest absolute Gasteiger partial charge is 0.335 e. The lowest BCUT2D eigenvalue weighted by atomic mass is 10.00. The summed E-state index contributed by atoms with van der Waals surface area (Å²) >= 11 is 0. The second-order valence-corrected chi connectivity index (χ2v) is 9.31. The fourth-order valence-corrected chi connectivity index (χ4v) is 4.65. The molecule has 0 saturated carbocycles. The maximum Gasteiger partial charge on any atom is 0.335 e. The molecule has 3 aromatic carbocycles. The molecule has 0 bridgehead atoms. The summed E-state index contributed by atoms with van der Waals surface area (Å²) in [4.78, 5) is 47.0.